The standard InChI is InChI=1S/C18H20N2O/c21-18(16-12-7-13-19-16)20-17(14-8-3-1-4-9-14)15-10-5-2-6-11-15/h1-6,8-11,16-17,19H,7,12-13H2,(H,20,21)/t16-/m0/s1. The molecular formula is C18H20N2O. The molecule has 0 spiro atoms. The van der Waals surface area contributed by atoms with Crippen LogP contribution in [0.4, 0.5) is 0 Å². The lowest BCUT2D eigenvalue weighted by Crippen LogP contribution is -2.42. The predicted octanol–water partition coefficient (Wildman–Crippen LogP) is 2.64. The van der Waals surface area contributed by atoms with Crippen molar-refractivity contribution in [2.45, 2.75) is 24.9 Å². The van der Waals surface area contributed by atoms with Gasteiger partial charge in [-0.1, -0.05) is 60.7 Å². The van der Waals surface area contributed by atoms with E-state index in [1.54, 1.807) is 0 Å². The summed E-state index contributed by atoms with van der Waals surface area (Å²) in [6.45, 7) is 0.930. The minimum absolute atomic E-state index is 0.0556. The lowest BCUT2D eigenvalue weighted by Gasteiger charge is -2.22. The summed E-state index contributed by atoms with van der Waals surface area (Å²) >= 11 is 0. The van der Waals surface area contributed by atoms with Crippen LogP contribution in [-0.2, 0) is 4.79 Å². The summed E-state index contributed by atoms with van der Waals surface area (Å²) in [6.07, 6.45) is 1.99. The highest BCUT2D eigenvalue weighted by Gasteiger charge is 2.25. The molecule has 0 aromatic heterocycles. The van der Waals surface area contributed by atoms with E-state index in [2.05, 4.69) is 34.9 Å². The maximum Gasteiger partial charge on any atom is 0.237 e. The Morgan fingerprint density at radius 1 is 1.00 bits per heavy atom. The third-order valence-corrected chi connectivity index (χ3v) is 3.93. The lowest BCUT2D eigenvalue weighted by molar-refractivity contribution is -0.123. The molecule has 1 fully saturated rings. The van der Waals surface area contributed by atoms with Gasteiger partial charge in [-0.05, 0) is 30.5 Å². The Morgan fingerprint density at radius 3 is 2.05 bits per heavy atom. The monoisotopic (exact) mass is 280 g/mol. The van der Waals surface area contributed by atoms with E-state index >= 15 is 0 Å². The van der Waals surface area contributed by atoms with E-state index < -0.39 is 0 Å². The highest BCUT2D eigenvalue weighted by atomic mass is 16.2. The fourth-order valence-corrected chi connectivity index (χ4v) is 2.80. The molecule has 1 aliphatic rings. The maximum atomic E-state index is 12.4. The molecule has 1 aliphatic heterocycles. The minimum atomic E-state index is -0.0951. The van der Waals surface area contributed by atoms with Crippen LogP contribution in [0.2, 0.25) is 0 Å². The first-order valence-corrected chi connectivity index (χ1v) is 7.48. The minimum Gasteiger partial charge on any atom is -0.344 e. The van der Waals surface area contributed by atoms with Crippen molar-refractivity contribution in [1.29, 1.82) is 0 Å². The van der Waals surface area contributed by atoms with E-state index in [0.29, 0.717) is 0 Å². The van der Waals surface area contributed by atoms with Crippen molar-refractivity contribution in [2.75, 3.05) is 6.54 Å². The molecule has 1 heterocycles. The number of hydrogen-bond donors (Lipinski definition) is 2. The first-order chi connectivity index (χ1) is 10.3. The van der Waals surface area contributed by atoms with Crippen LogP contribution in [0.1, 0.15) is 30.0 Å². The van der Waals surface area contributed by atoms with E-state index in [4.69, 9.17) is 0 Å². The molecule has 0 aliphatic carbocycles. The van der Waals surface area contributed by atoms with Gasteiger partial charge in [0.2, 0.25) is 5.91 Å². The zero-order valence-electron chi connectivity index (χ0n) is 12.0. The summed E-state index contributed by atoms with van der Waals surface area (Å²) in [7, 11) is 0. The molecule has 0 unspecified atom stereocenters. The summed E-state index contributed by atoms with van der Waals surface area (Å²) < 4.78 is 0. The maximum absolute atomic E-state index is 12.4. The molecule has 2 N–H and O–H groups in total. The summed E-state index contributed by atoms with van der Waals surface area (Å²) in [5, 5.41) is 6.44. The average Bonchev–Trinajstić information content (AvgIpc) is 3.09. The molecular weight excluding hydrogens is 260 g/mol. The normalized spacial score (nSPS) is 17.9. The molecule has 1 atom stereocenters. The highest BCUT2D eigenvalue weighted by Crippen LogP contribution is 2.22. The predicted molar refractivity (Wildman–Crippen MR) is 83.9 cm³/mol. The lowest BCUT2D eigenvalue weighted by atomic mass is 9.98. The second-order valence-corrected chi connectivity index (χ2v) is 5.41. The molecule has 1 amide bonds. The van der Waals surface area contributed by atoms with E-state index in [9.17, 15) is 4.79 Å². The molecule has 3 rings (SSSR count). The SMILES string of the molecule is O=C(NC(c1ccccc1)c1ccccc1)[C@@H]1CCCN1. The fraction of sp³-hybridized carbons (Fsp3) is 0.278. The third kappa shape index (κ3) is 3.31. The van der Waals surface area contributed by atoms with Crippen LogP contribution in [-0.4, -0.2) is 18.5 Å². The molecule has 0 radical (unpaired) electrons. The first-order valence-electron chi connectivity index (χ1n) is 7.48. The van der Waals surface area contributed by atoms with Crippen LogP contribution >= 0.6 is 0 Å². The Labute approximate surface area is 125 Å². The zero-order valence-corrected chi connectivity index (χ0v) is 12.0. The summed E-state index contributed by atoms with van der Waals surface area (Å²) in [5.41, 5.74) is 2.21. The highest BCUT2D eigenvalue weighted by molar-refractivity contribution is 5.82. The van der Waals surface area contributed by atoms with Crippen LogP contribution in [0.15, 0.2) is 60.7 Å². The molecule has 3 nitrogen and oxygen atoms in total. The topological polar surface area (TPSA) is 41.1 Å². The van der Waals surface area contributed by atoms with E-state index in [-0.39, 0.29) is 18.0 Å². The van der Waals surface area contributed by atoms with Gasteiger partial charge in [-0.3, -0.25) is 4.79 Å². The van der Waals surface area contributed by atoms with Gasteiger partial charge in [0.05, 0.1) is 12.1 Å². The van der Waals surface area contributed by atoms with Crippen LogP contribution in [0, 0.1) is 0 Å². The smallest absolute Gasteiger partial charge is 0.237 e. The van der Waals surface area contributed by atoms with Gasteiger partial charge >= 0.3 is 0 Å². The molecule has 2 aromatic carbocycles. The third-order valence-electron chi connectivity index (χ3n) is 3.93. The Bertz CT molecular complexity index is 537. The Balaban J connectivity index is 1.84. The van der Waals surface area contributed by atoms with Crippen LogP contribution in [0.3, 0.4) is 0 Å². The van der Waals surface area contributed by atoms with E-state index in [1.165, 1.54) is 0 Å². The van der Waals surface area contributed by atoms with Gasteiger partial charge in [-0.2, -0.15) is 0 Å². The van der Waals surface area contributed by atoms with Crippen molar-refractivity contribution in [2.24, 2.45) is 0 Å². The Hall–Kier alpha value is -2.13. The summed E-state index contributed by atoms with van der Waals surface area (Å²) in [6, 6.07) is 20.1. The van der Waals surface area contributed by atoms with Crippen molar-refractivity contribution < 1.29 is 4.79 Å². The van der Waals surface area contributed by atoms with Gasteiger partial charge < -0.3 is 10.6 Å². The van der Waals surface area contributed by atoms with Crippen molar-refractivity contribution in [3.05, 3.63) is 71.8 Å². The van der Waals surface area contributed by atoms with Gasteiger partial charge in [-0.25, -0.2) is 0 Å². The summed E-state index contributed by atoms with van der Waals surface area (Å²) in [4.78, 5) is 12.4. The van der Waals surface area contributed by atoms with Crippen molar-refractivity contribution in [3.63, 3.8) is 0 Å². The van der Waals surface area contributed by atoms with Crippen molar-refractivity contribution in [1.82, 2.24) is 10.6 Å². The second kappa shape index (κ2) is 6.55. The number of amides is 1. The summed E-state index contributed by atoms with van der Waals surface area (Å²) in [5.74, 6) is 0.0882. The van der Waals surface area contributed by atoms with E-state index in [0.717, 1.165) is 30.5 Å². The largest absolute Gasteiger partial charge is 0.344 e. The first kappa shape index (κ1) is 13.8. The van der Waals surface area contributed by atoms with Gasteiger partial charge in [0.15, 0.2) is 0 Å². The number of rotatable bonds is 4. The Morgan fingerprint density at radius 2 is 1.57 bits per heavy atom. The second-order valence-electron chi connectivity index (χ2n) is 5.41. The number of carbonyl (C=O) groups excluding carboxylic acids is 1. The van der Waals surface area contributed by atoms with E-state index in [1.807, 2.05) is 36.4 Å². The molecule has 108 valence electrons. The zero-order chi connectivity index (χ0) is 14.5. The van der Waals surface area contributed by atoms with Crippen LogP contribution < -0.4 is 10.6 Å². The average molecular weight is 280 g/mol. The Kier molecular flexibility index (Phi) is 4.31. The van der Waals surface area contributed by atoms with Gasteiger partial charge in [-0.15, -0.1) is 0 Å². The number of hydrogen-bond acceptors (Lipinski definition) is 2. The van der Waals surface area contributed by atoms with Gasteiger partial charge in [0.25, 0.3) is 0 Å². The molecule has 0 saturated carbocycles. The number of benzene rings is 2. The molecule has 0 bridgehead atoms. The molecule has 1 saturated heterocycles. The van der Waals surface area contributed by atoms with Crippen LogP contribution in [0.5, 0.6) is 0 Å². The molecule has 21 heavy (non-hydrogen) atoms. The van der Waals surface area contributed by atoms with Crippen molar-refractivity contribution >= 4 is 5.91 Å². The quantitative estimate of drug-likeness (QED) is 0.904. The molecule has 3 heteroatoms. The van der Waals surface area contributed by atoms with Crippen molar-refractivity contribution in [3.8, 4) is 0 Å². The number of carbonyl (C=O) groups is 1. The van der Waals surface area contributed by atoms with Gasteiger partial charge in [0.1, 0.15) is 0 Å². The molecule has 2 aromatic rings. The fourth-order valence-electron chi connectivity index (χ4n) is 2.80. The number of nitrogens with one attached hydrogen (secondary N) is 2. The van der Waals surface area contributed by atoms with Gasteiger partial charge in [0, 0.05) is 0 Å². The van der Waals surface area contributed by atoms with Crippen LogP contribution in [0.25, 0.3) is 0 Å².